The highest BCUT2D eigenvalue weighted by Gasteiger charge is 2.15. The normalized spacial score (nSPS) is 13.3. The van der Waals surface area contributed by atoms with Crippen molar-refractivity contribution in [2.24, 2.45) is 0 Å². The van der Waals surface area contributed by atoms with Gasteiger partial charge in [-0.15, -0.1) is 12.4 Å². The van der Waals surface area contributed by atoms with E-state index < -0.39 is 6.10 Å². The van der Waals surface area contributed by atoms with Crippen molar-refractivity contribution in [2.45, 2.75) is 25.6 Å². The highest BCUT2D eigenvalue weighted by molar-refractivity contribution is 6.30. The molecule has 20 heavy (non-hydrogen) atoms. The van der Waals surface area contributed by atoms with Crippen molar-refractivity contribution < 1.29 is 5.11 Å². The average Bonchev–Trinajstić information content (AvgIpc) is 2.46. The maximum atomic E-state index is 10.2. The summed E-state index contributed by atoms with van der Waals surface area (Å²) >= 11 is 5.84. The van der Waals surface area contributed by atoms with Gasteiger partial charge in [-0.3, -0.25) is 0 Å². The number of halogens is 2. The molecule has 0 heterocycles. The standard InChI is InChI=1S/C16H18ClNO.ClH/c1-12(16(19)14-5-3-2-4-6-14)18-11-13-7-9-15(17)10-8-13;/h2-10,12,16,18-19H,11H2,1H3;1H. The molecule has 108 valence electrons. The number of nitrogens with one attached hydrogen (secondary N) is 1. The highest BCUT2D eigenvalue weighted by atomic mass is 35.5. The maximum Gasteiger partial charge on any atom is 0.0940 e. The Morgan fingerprint density at radius 2 is 1.65 bits per heavy atom. The van der Waals surface area contributed by atoms with Crippen LogP contribution in [0.1, 0.15) is 24.2 Å². The van der Waals surface area contributed by atoms with Gasteiger partial charge in [-0.05, 0) is 30.2 Å². The Balaban J connectivity index is 0.00000200. The van der Waals surface area contributed by atoms with Crippen LogP contribution in [0.25, 0.3) is 0 Å². The molecule has 0 bridgehead atoms. The molecule has 0 saturated heterocycles. The maximum absolute atomic E-state index is 10.2. The Morgan fingerprint density at radius 1 is 1.05 bits per heavy atom. The number of hydrogen-bond acceptors (Lipinski definition) is 2. The lowest BCUT2D eigenvalue weighted by Gasteiger charge is -2.20. The molecule has 0 radical (unpaired) electrons. The first-order valence-corrected chi connectivity index (χ1v) is 6.75. The molecule has 2 atom stereocenters. The molecule has 2 N–H and O–H groups in total. The van der Waals surface area contributed by atoms with E-state index in [-0.39, 0.29) is 18.4 Å². The molecule has 2 unspecified atom stereocenters. The van der Waals surface area contributed by atoms with E-state index in [1.54, 1.807) is 0 Å². The van der Waals surface area contributed by atoms with Gasteiger partial charge in [0.05, 0.1) is 6.10 Å². The van der Waals surface area contributed by atoms with E-state index in [9.17, 15) is 5.11 Å². The molecule has 0 amide bonds. The minimum absolute atomic E-state index is 0. The van der Waals surface area contributed by atoms with E-state index in [2.05, 4.69) is 5.32 Å². The minimum Gasteiger partial charge on any atom is -0.387 e. The SMILES string of the molecule is CC(NCc1ccc(Cl)cc1)C(O)c1ccccc1.Cl. The van der Waals surface area contributed by atoms with Crippen molar-refractivity contribution in [3.63, 3.8) is 0 Å². The zero-order valence-corrected chi connectivity index (χ0v) is 12.9. The Morgan fingerprint density at radius 3 is 2.25 bits per heavy atom. The van der Waals surface area contributed by atoms with Crippen LogP contribution >= 0.6 is 24.0 Å². The molecule has 2 nitrogen and oxygen atoms in total. The predicted molar refractivity (Wildman–Crippen MR) is 86.4 cm³/mol. The summed E-state index contributed by atoms with van der Waals surface area (Å²) in [6.45, 7) is 2.69. The zero-order valence-electron chi connectivity index (χ0n) is 11.3. The molecule has 0 aromatic heterocycles. The highest BCUT2D eigenvalue weighted by Crippen LogP contribution is 2.16. The quantitative estimate of drug-likeness (QED) is 0.875. The second-order valence-corrected chi connectivity index (χ2v) is 5.09. The first kappa shape index (κ1) is 17.0. The predicted octanol–water partition coefficient (Wildman–Crippen LogP) is 3.97. The van der Waals surface area contributed by atoms with Crippen molar-refractivity contribution in [1.29, 1.82) is 0 Å². The molecule has 2 aromatic rings. The van der Waals surface area contributed by atoms with Crippen LogP contribution in [0.3, 0.4) is 0 Å². The van der Waals surface area contributed by atoms with E-state index in [1.165, 1.54) is 0 Å². The van der Waals surface area contributed by atoms with Crippen LogP contribution in [0.5, 0.6) is 0 Å². The van der Waals surface area contributed by atoms with Gasteiger partial charge >= 0.3 is 0 Å². The van der Waals surface area contributed by atoms with Gasteiger partial charge in [-0.2, -0.15) is 0 Å². The summed E-state index contributed by atoms with van der Waals surface area (Å²) in [4.78, 5) is 0. The molecule has 0 aliphatic rings. The lowest BCUT2D eigenvalue weighted by atomic mass is 10.0. The summed E-state index contributed by atoms with van der Waals surface area (Å²) in [6.07, 6.45) is -0.506. The van der Waals surface area contributed by atoms with Crippen LogP contribution in [0, 0.1) is 0 Å². The third-order valence-electron chi connectivity index (χ3n) is 3.16. The average molecular weight is 312 g/mol. The molecule has 4 heteroatoms. The second kappa shape index (κ2) is 8.28. The first-order chi connectivity index (χ1) is 9.16. The summed E-state index contributed by atoms with van der Waals surface area (Å²) in [5.74, 6) is 0. The molecular weight excluding hydrogens is 293 g/mol. The molecule has 0 aliphatic heterocycles. The fourth-order valence-corrected chi connectivity index (χ4v) is 2.06. The largest absolute Gasteiger partial charge is 0.387 e. The van der Waals surface area contributed by atoms with Crippen molar-refractivity contribution in [3.8, 4) is 0 Å². The van der Waals surface area contributed by atoms with Gasteiger partial charge in [0.25, 0.3) is 0 Å². The van der Waals surface area contributed by atoms with Crippen LogP contribution in [-0.4, -0.2) is 11.1 Å². The lowest BCUT2D eigenvalue weighted by molar-refractivity contribution is 0.135. The zero-order chi connectivity index (χ0) is 13.7. The van der Waals surface area contributed by atoms with Crippen molar-refractivity contribution in [1.82, 2.24) is 5.32 Å². The molecule has 0 fully saturated rings. The van der Waals surface area contributed by atoms with Gasteiger partial charge < -0.3 is 10.4 Å². The molecule has 0 spiro atoms. The van der Waals surface area contributed by atoms with Crippen molar-refractivity contribution in [2.75, 3.05) is 0 Å². The summed E-state index contributed by atoms with van der Waals surface area (Å²) < 4.78 is 0. The number of hydrogen-bond donors (Lipinski definition) is 2. The summed E-state index contributed by atoms with van der Waals surface area (Å²) in [7, 11) is 0. The summed E-state index contributed by atoms with van der Waals surface area (Å²) in [5.41, 5.74) is 2.08. The fraction of sp³-hybridized carbons (Fsp3) is 0.250. The van der Waals surface area contributed by atoms with E-state index >= 15 is 0 Å². The number of aliphatic hydroxyl groups is 1. The van der Waals surface area contributed by atoms with E-state index in [1.807, 2.05) is 61.5 Å². The first-order valence-electron chi connectivity index (χ1n) is 6.37. The molecule has 0 aliphatic carbocycles. The van der Waals surface area contributed by atoms with Crippen LogP contribution < -0.4 is 5.32 Å². The Kier molecular flexibility index (Phi) is 7.03. The topological polar surface area (TPSA) is 32.3 Å². The molecule has 2 rings (SSSR count). The van der Waals surface area contributed by atoms with Gasteiger partial charge in [-0.1, -0.05) is 54.1 Å². The third kappa shape index (κ3) is 4.80. The summed E-state index contributed by atoms with van der Waals surface area (Å²) in [6, 6.07) is 17.4. The van der Waals surface area contributed by atoms with Crippen LogP contribution in [0.4, 0.5) is 0 Å². The number of aliphatic hydroxyl groups excluding tert-OH is 1. The number of benzene rings is 2. The molecular formula is C16H19Cl2NO. The Hall–Kier alpha value is -1.06. The smallest absolute Gasteiger partial charge is 0.0940 e. The van der Waals surface area contributed by atoms with Gasteiger partial charge in [0, 0.05) is 17.6 Å². The molecule has 0 saturated carbocycles. The minimum atomic E-state index is -0.506. The van der Waals surface area contributed by atoms with Crippen LogP contribution in [0.15, 0.2) is 54.6 Å². The Bertz CT molecular complexity index is 502. The van der Waals surface area contributed by atoms with Crippen molar-refractivity contribution in [3.05, 3.63) is 70.7 Å². The fourth-order valence-electron chi connectivity index (χ4n) is 1.93. The second-order valence-electron chi connectivity index (χ2n) is 4.65. The van der Waals surface area contributed by atoms with Gasteiger partial charge in [-0.25, -0.2) is 0 Å². The molecule has 2 aromatic carbocycles. The van der Waals surface area contributed by atoms with Crippen LogP contribution in [-0.2, 0) is 6.54 Å². The van der Waals surface area contributed by atoms with Gasteiger partial charge in [0.15, 0.2) is 0 Å². The van der Waals surface area contributed by atoms with E-state index in [0.717, 1.165) is 16.1 Å². The van der Waals surface area contributed by atoms with Crippen molar-refractivity contribution >= 4 is 24.0 Å². The third-order valence-corrected chi connectivity index (χ3v) is 3.41. The Labute approximate surface area is 131 Å². The van der Waals surface area contributed by atoms with E-state index in [0.29, 0.717) is 6.54 Å². The van der Waals surface area contributed by atoms with Gasteiger partial charge in [0.2, 0.25) is 0 Å². The monoisotopic (exact) mass is 311 g/mol. The lowest BCUT2D eigenvalue weighted by Crippen LogP contribution is -2.31. The van der Waals surface area contributed by atoms with Crippen LogP contribution in [0.2, 0.25) is 5.02 Å². The summed E-state index contributed by atoms with van der Waals surface area (Å²) in [5, 5.41) is 14.3. The van der Waals surface area contributed by atoms with E-state index in [4.69, 9.17) is 11.6 Å². The van der Waals surface area contributed by atoms with Gasteiger partial charge in [0.1, 0.15) is 0 Å². The number of rotatable bonds is 5.